The van der Waals surface area contributed by atoms with Gasteiger partial charge in [-0.05, 0) is 55.5 Å². The molecule has 2 aromatic heterocycles. The van der Waals surface area contributed by atoms with E-state index in [0.29, 0.717) is 12.4 Å². The van der Waals surface area contributed by atoms with Crippen LogP contribution in [0.15, 0.2) is 65.1 Å². The second-order valence-electron chi connectivity index (χ2n) is 6.01. The van der Waals surface area contributed by atoms with Gasteiger partial charge in [0.05, 0.1) is 19.2 Å². The molecule has 0 aliphatic rings. The van der Waals surface area contributed by atoms with Gasteiger partial charge in [-0.3, -0.25) is 0 Å². The highest BCUT2D eigenvalue weighted by molar-refractivity contribution is 5.90. The maximum absolute atomic E-state index is 5.64. The van der Waals surface area contributed by atoms with Crippen molar-refractivity contribution in [3.8, 4) is 17.1 Å². The van der Waals surface area contributed by atoms with Crippen molar-refractivity contribution in [2.45, 2.75) is 13.5 Å². The summed E-state index contributed by atoms with van der Waals surface area (Å²) in [6, 6.07) is 19.6. The van der Waals surface area contributed by atoms with Gasteiger partial charge in [-0.1, -0.05) is 12.1 Å². The Bertz CT molecular complexity index is 1040. The molecule has 4 rings (SSSR count). The molecule has 0 amide bonds. The monoisotopic (exact) mass is 345 g/mol. The van der Waals surface area contributed by atoms with Crippen LogP contribution in [0.25, 0.3) is 22.3 Å². The molecule has 0 spiro atoms. The van der Waals surface area contributed by atoms with E-state index in [1.54, 1.807) is 7.11 Å². The summed E-state index contributed by atoms with van der Waals surface area (Å²) in [6.45, 7) is 2.50. The van der Waals surface area contributed by atoms with E-state index in [1.165, 1.54) is 0 Å². The fraction of sp³-hybridized carbons (Fsp3) is 0.143. The van der Waals surface area contributed by atoms with Crippen molar-refractivity contribution in [1.29, 1.82) is 0 Å². The molecule has 0 fully saturated rings. The van der Waals surface area contributed by atoms with Crippen LogP contribution in [-0.4, -0.2) is 17.1 Å². The molecule has 0 aliphatic carbocycles. The molecule has 1 N–H and O–H groups in total. The average molecular weight is 345 g/mol. The number of nitrogens with one attached hydrogen (secondary N) is 1. The van der Waals surface area contributed by atoms with Crippen molar-refractivity contribution in [3.05, 3.63) is 72.2 Å². The van der Waals surface area contributed by atoms with Gasteiger partial charge in [-0.25, -0.2) is 9.97 Å². The highest BCUT2D eigenvalue weighted by Crippen LogP contribution is 2.26. The molecule has 0 aliphatic heterocycles. The number of anilines is 1. The third-order valence-electron chi connectivity index (χ3n) is 4.18. The molecular weight excluding hydrogens is 326 g/mol. The van der Waals surface area contributed by atoms with Gasteiger partial charge in [0, 0.05) is 10.9 Å². The summed E-state index contributed by atoms with van der Waals surface area (Å²) in [5, 5.41) is 4.36. The van der Waals surface area contributed by atoms with Crippen LogP contribution in [0.1, 0.15) is 11.5 Å². The number of nitrogens with zero attached hydrogens (tertiary/aromatic N) is 2. The van der Waals surface area contributed by atoms with E-state index in [-0.39, 0.29) is 0 Å². The number of furan rings is 1. The van der Waals surface area contributed by atoms with E-state index < -0.39 is 0 Å². The lowest BCUT2D eigenvalue weighted by Crippen LogP contribution is -2.03. The number of rotatable bonds is 5. The summed E-state index contributed by atoms with van der Waals surface area (Å²) >= 11 is 0. The first-order chi connectivity index (χ1) is 12.7. The second kappa shape index (κ2) is 6.88. The minimum atomic E-state index is 0.566. The van der Waals surface area contributed by atoms with Crippen LogP contribution in [0.4, 0.5) is 5.82 Å². The topological polar surface area (TPSA) is 60.2 Å². The fourth-order valence-electron chi connectivity index (χ4n) is 2.83. The normalized spacial score (nSPS) is 10.8. The molecule has 0 bridgehead atoms. The number of para-hydroxylation sites is 1. The van der Waals surface area contributed by atoms with Gasteiger partial charge in [0.2, 0.25) is 0 Å². The summed E-state index contributed by atoms with van der Waals surface area (Å²) in [7, 11) is 1.65. The fourth-order valence-corrected chi connectivity index (χ4v) is 2.83. The van der Waals surface area contributed by atoms with Crippen LogP contribution in [0.2, 0.25) is 0 Å². The number of aryl methyl sites for hydroxylation is 1. The Balaban J connectivity index is 1.72. The van der Waals surface area contributed by atoms with E-state index in [1.807, 2.05) is 67.6 Å². The minimum absolute atomic E-state index is 0.566. The van der Waals surface area contributed by atoms with Crippen molar-refractivity contribution in [2.75, 3.05) is 12.4 Å². The zero-order valence-electron chi connectivity index (χ0n) is 14.7. The van der Waals surface area contributed by atoms with Crippen molar-refractivity contribution in [3.63, 3.8) is 0 Å². The molecule has 4 aromatic rings. The van der Waals surface area contributed by atoms with Crippen molar-refractivity contribution in [1.82, 2.24) is 9.97 Å². The molecule has 0 saturated heterocycles. The number of methoxy groups -OCH3 is 1. The molecule has 0 unspecified atom stereocenters. The predicted octanol–water partition coefficient (Wildman–Crippen LogP) is 4.82. The third-order valence-corrected chi connectivity index (χ3v) is 4.18. The molecule has 5 heteroatoms. The van der Waals surface area contributed by atoms with Gasteiger partial charge < -0.3 is 14.5 Å². The standard InChI is InChI=1S/C21H19N3O2/c1-14-7-10-17(26-14)13-22-21-18-5-3-4-6-19(18)23-20(24-21)15-8-11-16(25-2)12-9-15/h3-12H,13H2,1-2H3,(H,22,23,24). The lowest BCUT2D eigenvalue weighted by molar-refractivity contribution is 0.415. The molecule has 5 nitrogen and oxygen atoms in total. The Kier molecular flexibility index (Phi) is 4.27. The molecule has 0 atom stereocenters. The summed E-state index contributed by atoms with van der Waals surface area (Å²) < 4.78 is 10.9. The Labute approximate surface area is 151 Å². The van der Waals surface area contributed by atoms with Gasteiger partial charge in [0.25, 0.3) is 0 Å². The molecule has 2 aromatic carbocycles. The van der Waals surface area contributed by atoms with E-state index in [9.17, 15) is 0 Å². The lowest BCUT2D eigenvalue weighted by atomic mass is 10.1. The largest absolute Gasteiger partial charge is 0.497 e. The second-order valence-corrected chi connectivity index (χ2v) is 6.01. The summed E-state index contributed by atoms with van der Waals surface area (Å²) in [6.07, 6.45) is 0. The molecule has 0 radical (unpaired) electrons. The predicted molar refractivity (Wildman–Crippen MR) is 102 cm³/mol. The molecule has 2 heterocycles. The number of benzene rings is 2. The zero-order chi connectivity index (χ0) is 17.9. The van der Waals surface area contributed by atoms with E-state index >= 15 is 0 Å². The van der Waals surface area contributed by atoms with Crippen LogP contribution in [0, 0.1) is 6.92 Å². The zero-order valence-corrected chi connectivity index (χ0v) is 14.7. The Morgan fingerprint density at radius 2 is 1.77 bits per heavy atom. The maximum atomic E-state index is 5.64. The Morgan fingerprint density at radius 1 is 0.962 bits per heavy atom. The highest BCUT2D eigenvalue weighted by Gasteiger charge is 2.10. The number of hydrogen-bond acceptors (Lipinski definition) is 5. The smallest absolute Gasteiger partial charge is 0.162 e. The summed E-state index contributed by atoms with van der Waals surface area (Å²) in [4.78, 5) is 9.45. The number of hydrogen-bond donors (Lipinski definition) is 1. The van der Waals surface area contributed by atoms with Gasteiger partial charge in [0.1, 0.15) is 23.1 Å². The summed E-state index contributed by atoms with van der Waals surface area (Å²) in [5.41, 5.74) is 1.83. The summed E-state index contributed by atoms with van der Waals surface area (Å²) in [5.74, 6) is 4.03. The molecule has 130 valence electrons. The SMILES string of the molecule is COc1ccc(-c2nc(NCc3ccc(C)o3)c3ccccc3n2)cc1. The van der Waals surface area contributed by atoms with Crippen molar-refractivity contribution in [2.24, 2.45) is 0 Å². The Morgan fingerprint density at radius 3 is 2.50 bits per heavy atom. The maximum Gasteiger partial charge on any atom is 0.162 e. The third kappa shape index (κ3) is 3.24. The first-order valence-corrected chi connectivity index (χ1v) is 8.43. The van der Waals surface area contributed by atoms with Crippen LogP contribution in [-0.2, 0) is 6.54 Å². The van der Waals surface area contributed by atoms with Crippen LogP contribution in [0.3, 0.4) is 0 Å². The van der Waals surface area contributed by atoms with Crippen LogP contribution in [0.5, 0.6) is 5.75 Å². The average Bonchev–Trinajstić information content (AvgIpc) is 3.11. The Hall–Kier alpha value is -3.34. The number of fused-ring (bicyclic) bond motifs is 1. The van der Waals surface area contributed by atoms with Gasteiger partial charge >= 0.3 is 0 Å². The van der Waals surface area contributed by atoms with Gasteiger partial charge in [-0.2, -0.15) is 0 Å². The quantitative estimate of drug-likeness (QED) is 0.562. The van der Waals surface area contributed by atoms with Crippen LogP contribution < -0.4 is 10.1 Å². The van der Waals surface area contributed by atoms with E-state index in [2.05, 4.69) is 5.32 Å². The number of ether oxygens (including phenoxy) is 1. The van der Waals surface area contributed by atoms with E-state index in [0.717, 1.165) is 39.6 Å². The molecule has 26 heavy (non-hydrogen) atoms. The van der Waals surface area contributed by atoms with Crippen molar-refractivity contribution >= 4 is 16.7 Å². The molecule has 0 saturated carbocycles. The van der Waals surface area contributed by atoms with Gasteiger partial charge in [0.15, 0.2) is 5.82 Å². The van der Waals surface area contributed by atoms with Crippen molar-refractivity contribution < 1.29 is 9.15 Å². The first-order valence-electron chi connectivity index (χ1n) is 8.43. The number of aromatic nitrogens is 2. The molecular formula is C21H19N3O2. The first kappa shape index (κ1) is 16.1. The van der Waals surface area contributed by atoms with E-state index in [4.69, 9.17) is 19.1 Å². The lowest BCUT2D eigenvalue weighted by Gasteiger charge is -2.10. The highest BCUT2D eigenvalue weighted by atomic mass is 16.5. The minimum Gasteiger partial charge on any atom is -0.497 e. The van der Waals surface area contributed by atoms with Gasteiger partial charge in [-0.15, -0.1) is 0 Å². The van der Waals surface area contributed by atoms with Crippen LogP contribution >= 0.6 is 0 Å².